The van der Waals surface area contributed by atoms with Crippen molar-refractivity contribution < 1.29 is 14.3 Å². The molecule has 0 radical (unpaired) electrons. The van der Waals surface area contributed by atoms with Gasteiger partial charge in [0.05, 0.1) is 5.92 Å². The molecule has 1 saturated carbocycles. The third-order valence-electron chi connectivity index (χ3n) is 2.92. The number of ether oxygens (including phenoxy) is 1. The fourth-order valence-electron chi connectivity index (χ4n) is 1.61. The fraction of sp³-hybridized carbons (Fsp3) is 0.385. The first-order chi connectivity index (χ1) is 8.08. The first kappa shape index (κ1) is 12.3. The molecule has 90 valence electrons. The smallest absolute Gasteiger partial charge is 0.309 e. The molecule has 0 bridgehead atoms. The lowest BCUT2D eigenvalue weighted by molar-refractivity contribution is -0.144. The van der Waals surface area contributed by atoms with Gasteiger partial charge in [0.25, 0.3) is 0 Å². The van der Waals surface area contributed by atoms with Crippen LogP contribution in [-0.4, -0.2) is 18.4 Å². The van der Waals surface area contributed by atoms with Crippen LogP contribution in [-0.2, 0) is 9.53 Å². The van der Waals surface area contributed by atoms with Crippen molar-refractivity contribution in [2.75, 3.05) is 6.61 Å². The largest absolute Gasteiger partial charge is 0.457 e. The highest BCUT2D eigenvalue weighted by molar-refractivity contribution is 9.10. The fourth-order valence-corrected chi connectivity index (χ4v) is 1.88. The number of halogens is 1. The normalized spacial score (nSPS) is 22.0. The highest BCUT2D eigenvalue weighted by atomic mass is 79.9. The minimum absolute atomic E-state index is 0.00715. The van der Waals surface area contributed by atoms with Gasteiger partial charge in [-0.05, 0) is 24.5 Å². The predicted octanol–water partition coefficient (Wildman–Crippen LogP) is 2.83. The van der Waals surface area contributed by atoms with E-state index < -0.39 is 0 Å². The van der Waals surface area contributed by atoms with Crippen LogP contribution < -0.4 is 0 Å². The zero-order chi connectivity index (χ0) is 12.4. The molecular formula is C13H13BrO3. The highest BCUT2D eigenvalue weighted by Gasteiger charge is 2.40. The van der Waals surface area contributed by atoms with E-state index in [-0.39, 0.29) is 24.3 Å². The Kier molecular flexibility index (Phi) is 3.62. The van der Waals surface area contributed by atoms with Crippen molar-refractivity contribution in [3.05, 3.63) is 34.3 Å². The van der Waals surface area contributed by atoms with Gasteiger partial charge in [0.2, 0.25) is 0 Å². The van der Waals surface area contributed by atoms with Crippen molar-refractivity contribution in [2.24, 2.45) is 11.8 Å². The van der Waals surface area contributed by atoms with Crippen LogP contribution in [0, 0.1) is 11.8 Å². The molecule has 0 N–H and O–H groups in total. The Morgan fingerprint density at radius 1 is 1.35 bits per heavy atom. The van der Waals surface area contributed by atoms with E-state index in [4.69, 9.17) is 4.74 Å². The van der Waals surface area contributed by atoms with Crippen LogP contribution in [0.2, 0.25) is 0 Å². The van der Waals surface area contributed by atoms with Crippen LogP contribution in [0.25, 0.3) is 0 Å². The molecule has 0 unspecified atom stereocenters. The molecule has 17 heavy (non-hydrogen) atoms. The number of carbonyl (C=O) groups is 2. The molecule has 1 aliphatic rings. The van der Waals surface area contributed by atoms with E-state index in [9.17, 15) is 9.59 Å². The van der Waals surface area contributed by atoms with E-state index in [1.807, 2.05) is 6.92 Å². The molecule has 1 aromatic carbocycles. The summed E-state index contributed by atoms with van der Waals surface area (Å²) in [7, 11) is 0. The highest BCUT2D eigenvalue weighted by Crippen LogP contribution is 2.38. The lowest BCUT2D eigenvalue weighted by Gasteiger charge is -2.03. The number of hydrogen-bond donors (Lipinski definition) is 0. The lowest BCUT2D eigenvalue weighted by Crippen LogP contribution is -2.15. The minimum atomic E-state index is -0.247. The molecule has 3 nitrogen and oxygen atoms in total. The summed E-state index contributed by atoms with van der Waals surface area (Å²) in [6.45, 7) is 1.84. The second-order valence-corrected chi connectivity index (χ2v) is 5.27. The standard InChI is InChI=1S/C13H13BrO3/c1-8-6-11(8)13(16)17-7-12(15)9-2-4-10(14)5-3-9/h2-5,8,11H,6-7H2,1H3/t8-,11-/m0/s1. The number of ketones is 1. The molecular weight excluding hydrogens is 284 g/mol. The van der Waals surface area contributed by atoms with Crippen molar-refractivity contribution >= 4 is 27.7 Å². The number of hydrogen-bond acceptors (Lipinski definition) is 3. The first-order valence-electron chi connectivity index (χ1n) is 5.53. The summed E-state index contributed by atoms with van der Waals surface area (Å²) in [6.07, 6.45) is 0.880. The average molecular weight is 297 g/mol. The maximum atomic E-state index is 11.7. The molecule has 0 saturated heterocycles. The summed E-state index contributed by atoms with van der Waals surface area (Å²) in [5.41, 5.74) is 0.560. The van der Waals surface area contributed by atoms with Gasteiger partial charge < -0.3 is 4.74 Å². The van der Waals surface area contributed by atoms with E-state index in [0.717, 1.165) is 10.9 Å². The lowest BCUT2D eigenvalue weighted by atomic mass is 10.1. The van der Waals surface area contributed by atoms with Crippen molar-refractivity contribution in [3.8, 4) is 0 Å². The molecule has 1 aliphatic carbocycles. The Morgan fingerprint density at radius 3 is 2.47 bits per heavy atom. The minimum Gasteiger partial charge on any atom is -0.457 e. The predicted molar refractivity (Wildman–Crippen MR) is 66.7 cm³/mol. The Labute approximate surface area is 108 Å². The van der Waals surface area contributed by atoms with Crippen LogP contribution in [0.5, 0.6) is 0 Å². The van der Waals surface area contributed by atoms with Crippen molar-refractivity contribution in [1.82, 2.24) is 0 Å². The Morgan fingerprint density at radius 2 is 1.94 bits per heavy atom. The second kappa shape index (κ2) is 5.00. The Balaban J connectivity index is 1.85. The van der Waals surface area contributed by atoms with Gasteiger partial charge in [0, 0.05) is 10.0 Å². The van der Waals surface area contributed by atoms with E-state index in [1.54, 1.807) is 24.3 Å². The van der Waals surface area contributed by atoms with Gasteiger partial charge in [-0.15, -0.1) is 0 Å². The average Bonchev–Trinajstić information content (AvgIpc) is 3.04. The van der Waals surface area contributed by atoms with Gasteiger partial charge >= 0.3 is 5.97 Å². The monoisotopic (exact) mass is 296 g/mol. The van der Waals surface area contributed by atoms with Crippen LogP contribution >= 0.6 is 15.9 Å². The summed E-state index contributed by atoms with van der Waals surface area (Å²) in [5.74, 6) is 0.000107. The van der Waals surface area contributed by atoms with Crippen LogP contribution in [0.15, 0.2) is 28.7 Å². The Hall–Kier alpha value is -1.16. The first-order valence-corrected chi connectivity index (χ1v) is 6.32. The van der Waals surface area contributed by atoms with Crippen molar-refractivity contribution in [3.63, 3.8) is 0 Å². The molecule has 4 heteroatoms. The Bertz CT molecular complexity index is 438. The molecule has 0 aliphatic heterocycles. The molecule has 0 amide bonds. The summed E-state index contributed by atoms with van der Waals surface area (Å²) < 4.78 is 5.90. The van der Waals surface area contributed by atoms with Crippen LogP contribution in [0.1, 0.15) is 23.7 Å². The van der Waals surface area contributed by atoms with Gasteiger partial charge in [-0.2, -0.15) is 0 Å². The third-order valence-corrected chi connectivity index (χ3v) is 3.45. The topological polar surface area (TPSA) is 43.4 Å². The number of esters is 1. The molecule has 0 aromatic heterocycles. The summed E-state index contributed by atoms with van der Waals surface area (Å²) in [6, 6.07) is 7.00. The van der Waals surface area contributed by atoms with Gasteiger partial charge in [-0.1, -0.05) is 35.0 Å². The van der Waals surface area contributed by atoms with Crippen molar-refractivity contribution in [2.45, 2.75) is 13.3 Å². The van der Waals surface area contributed by atoms with E-state index in [1.165, 1.54) is 0 Å². The van der Waals surface area contributed by atoms with Crippen molar-refractivity contribution in [1.29, 1.82) is 0 Å². The van der Waals surface area contributed by atoms with Gasteiger partial charge in [0.1, 0.15) is 0 Å². The summed E-state index contributed by atoms with van der Waals surface area (Å²) >= 11 is 3.29. The van der Waals surface area contributed by atoms with Gasteiger partial charge in [0.15, 0.2) is 12.4 Å². The van der Waals surface area contributed by atoms with Crippen LogP contribution in [0.4, 0.5) is 0 Å². The van der Waals surface area contributed by atoms with E-state index in [2.05, 4.69) is 15.9 Å². The zero-order valence-electron chi connectivity index (χ0n) is 9.48. The van der Waals surface area contributed by atoms with E-state index in [0.29, 0.717) is 11.5 Å². The number of carbonyl (C=O) groups excluding carboxylic acids is 2. The maximum absolute atomic E-state index is 11.7. The molecule has 0 heterocycles. The third kappa shape index (κ3) is 3.16. The molecule has 2 atom stereocenters. The molecule has 1 aromatic rings. The quantitative estimate of drug-likeness (QED) is 0.634. The zero-order valence-corrected chi connectivity index (χ0v) is 11.1. The number of Topliss-reactive ketones (excluding diaryl/α,β-unsaturated/α-hetero) is 1. The van der Waals surface area contributed by atoms with E-state index >= 15 is 0 Å². The molecule has 1 fully saturated rings. The van der Waals surface area contributed by atoms with Gasteiger partial charge in [-0.3, -0.25) is 9.59 Å². The second-order valence-electron chi connectivity index (χ2n) is 4.36. The number of rotatable bonds is 4. The molecule has 0 spiro atoms. The summed E-state index contributed by atoms with van der Waals surface area (Å²) in [5, 5.41) is 0. The SMILES string of the molecule is C[C@H]1C[C@@H]1C(=O)OCC(=O)c1ccc(Br)cc1. The summed E-state index contributed by atoms with van der Waals surface area (Å²) in [4.78, 5) is 23.1. The number of benzene rings is 1. The van der Waals surface area contributed by atoms with Crippen LogP contribution in [0.3, 0.4) is 0 Å². The maximum Gasteiger partial charge on any atom is 0.309 e. The van der Waals surface area contributed by atoms with Gasteiger partial charge in [-0.25, -0.2) is 0 Å². The molecule has 2 rings (SSSR count).